The second-order valence-electron chi connectivity index (χ2n) is 4.35. The van der Waals surface area contributed by atoms with Crippen LogP contribution in [-0.2, 0) is 6.54 Å². The fraction of sp³-hybridized carbons (Fsp3) is 0.692. The van der Waals surface area contributed by atoms with Crippen molar-refractivity contribution in [2.45, 2.75) is 40.2 Å². The van der Waals surface area contributed by atoms with E-state index >= 15 is 0 Å². The molecule has 0 aliphatic heterocycles. The van der Waals surface area contributed by atoms with Crippen LogP contribution >= 0.6 is 0 Å². The molecule has 0 amide bonds. The average Bonchev–Trinajstić information content (AvgIpc) is 2.35. The molecule has 1 N–H and O–H groups in total. The van der Waals surface area contributed by atoms with Crippen LogP contribution in [0, 0.1) is 5.92 Å². The van der Waals surface area contributed by atoms with Crippen LogP contribution in [0.3, 0.4) is 0 Å². The van der Waals surface area contributed by atoms with Gasteiger partial charge in [0.15, 0.2) is 0 Å². The van der Waals surface area contributed by atoms with Crippen molar-refractivity contribution in [2.24, 2.45) is 5.92 Å². The lowest BCUT2D eigenvalue weighted by molar-refractivity contribution is 0.240. The van der Waals surface area contributed by atoms with Gasteiger partial charge in [-0.3, -0.25) is 0 Å². The molecule has 4 heteroatoms. The number of hydrogen-bond acceptors (Lipinski definition) is 4. The monoisotopic (exact) mass is 237 g/mol. The van der Waals surface area contributed by atoms with Crippen molar-refractivity contribution in [3.63, 3.8) is 0 Å². The lowest BCUT2D eigenvalue weighted by atomic mass is 10.1. The van der Waals surface area contributed by atoms with E-state index in [0.717, 1.165) is 25.4 Å². The number of ether oxygens (including phenoxy) is 1. The first-order valence-corrected chi connectivity index (χ1v) is 6.42. The molecule has 0 saturated carbocycles. The maximum atomic E-state index is 5.59. The van der Waals surface area contributed by atoms with E-state index in [2.05, 4.69) is 36.3 Å². The summed E-state index contributed by atoms with van der Waals surface area (Å²) in [6, 6.07) is 3.84. The largest absolute Gasteiger partial charge is 0.476 e. The van der Waals surface area contributed by atoms with Crippen molar-refractivity contribution in [2.75, 3.05) is 13.2 Å². The summed E-state index contributed by atoms with van der Waals surface area (Å²) in [6.45, 7) is 8.86. The normalized spacial score (nSPS) is 12.4. The molecule has 0 aliphatic carbocycles. The molecule has 17 heavy (non-hydrogen) atoms. The van der Waals surface area contributed by atoms with E-state index in [9.17, 15) is 0 Å². The van der Waals surface area contributed by atoms with Gasteiger partial charge in [-0.15, -0.1) is 5.10 Å². The van der Waals surface area contributed by atoms with Gasteiger partial charge in [0.2, 0.25) is 5.88 Å². The van der Waals surface area contributed by atoms with Crippen molar-refractivity contribution >= 4 is 0 Å². The smallest absolute Gasteiger partial charge is 0.233 e. The zero-order valence-electron chi connectivity index (χ0n) is 11.1. The summed E-state index contributed by atoms with van der Waals surface area (Å²) in [5.74, 6) is 1.19. The summed E-state index contributed by atoms with van der Waals surface area (Å²) in [5, 5.41) is 11.4. The summed E-state index contributed by atoms with van der Waals surface area (Å²) in [6.07, 6.45) is 2.38. The van der Waals surface area contributed by atoms with Crippen LogP contribution in [0.25, 0.3) is 0 Å². The maximum absolute atomic E-state index is 5.59. The molecule has 0 aromatic carbocycles. The van der Waals surface area contributed by atoms with Gasteiger partial charge >= 0.3 is 0 Å². The van der Waals surface area contributed by atoms with Gasteiger partial charge in [-0.05, 0) is 24.9 Å². The Morgan fingerprint density at radius 3 is 2.71 bits per heavy atom. The van der Waals surface area contributed by atoms with Gasteiger partial charge < -0.3 is 10.1 Å². The van der Waals surface area contributed by atoms with Gasteiger partial charge in [0.05, 0.1) is 12.3 Å². The van der Waals surface area contributed by atoms with Crippen molar-refractivity contribution in [1.82, 2.24) is 15.5 Å². The highest BCUT2D eigenvalue weighted by atomic mass is 16.5. The van der Waals surface area contributed by atoms with Crippen LogP contribution in [0.5, 0.6) is 5.88 Å². The highest BCUT2D eigenvalue weighted by Gasteiger charge is 2.03. The fourth-order valence-corrected chi connectivity index (χ4v) is 1.58. The van der Waals surface area contributed by atoms with Crippen LogP contribution in [0.2, 0.25) is 0 Å². The molecular weight excluding hydrogens is 214 g/mol. The Morgan fingerprint density at radius 1 is 1.29 bits per heavy atom. The van der Waals surface area contributed by atoms with Crippen LogP contribution < -0.4 is 10.1 Å². The third-order valence-electron chi connectivity index (χ3n) is 2.55. The summed E-state index contributed by atoms with van der Waals surface area (Å²) in [4.78, 5) is 0. The minimum atomic E-state index is 0.572. The van der Waals surface area contributed by atoms with Crippen LogP contribution in [0.4, 0.5) is 0 Å². The predicted octanol–water partition coefficient (Wildman–Crippen LogP) is 2.40. The molecule has 1 unspecified atom stereocenters. The van der Waals surface area contributed by atoms with Crippen molar-refractivity contribution < 1.29 is 4.74 Å². The Balaban J connectivity index is 2.34. The molecule has 0 radical (unpaired) electrons. The maximum Gasteiger partial charge on any atom is 0.233 e. The SMILES string of the molecule is CCCC(C)COc1ccc(CNCC)nn1. The van der Waals surface area contributed by atoms with Gasteiger partial charge in [-0.2, -0.15) is 5.10 Å². The Hall–Kier alpha value is -1.16. The first-order chi connectivity index (χ1) is 8.26. The van der Waals surface area contributed by atoms with E-state index in [1.54, 1.807) is 0 Å². The second-order valence-corrected chi connectivity index (χ2v) is 4.35. The second kappa shape index (κ2) is 8.01. The topological polar surface area (TPSA) is 47.0 Å². The van der Waals surface area contributed by atoms with Gasteiger partial charge in [0.1, 0.15) is 0 Å². The van der Waals surface area contributed by atoms with E-state index in [1.807, 2.05) is 12.1 Å². The van der Waals surface area contributed by atoms with E-state index in [-0.39, 0.29) is 0 Å². The van der Waals surface area contributed by atoms with Crippen molar-refractivity contribution in [1.29, 1.82) is 0 Å². The highest BCUT2D eigenvalue weighted by molar-refractivity contribution is 5.11. The predicted molar refractivity (Wildman–Crippen MR) is 69.0 cm³/mol. The standard InChI is InChI=1S/C13H23N3O/c1-4-6-11(3)10-17-13-8-7-12(15-16-13)9-14-5-2/h7-8,11,14H,4-6,9-10H2,1-3H3. The molecule has 1 rings (SSSR count). The number of nitrogens with zero attached hydrogens (tertiary/aromatic N) is 2. The number of hydrogen-bond donors (Lipinski definition) is 1. The Morgan fingerprint density at radius 2 is 2.12 bits per heavy atom. The molecule has 1 atom stereocenters. The number of nitrogens with one attached hydrogen (secondary N) is 1. The first kappa shape index (κ1) is 13.9. The van der Waals surface area contributed by atoms with Crippen LogP contribution in [-0.4, -0.2) is 23.3 Å². The summed E-state index contributed by atoms with van der Waals surface area (Å²) in [5.41, 5.74) is 0.945. The minimum absolute atomic E-state index is 0.572. The third kappa shape index (κ3) is 5.63. The minimum Gasteiger partial charge on any atom is -0.476 e. The molecular formula is C13H23N3O. The van der Waals surface area contributed by atoms with Crippen molar-refractivity contribution in [3.05, 3.63) is 17.8 Å². The summed E-state index contributed by atoms with van der Waals surface area (Å²) >= 11 is 0. The molecule has 0 aliphatic rings. The molecule has 96 valence electrons. The summed E-state index contributed by atoms with van der Waals surface area (Å²) < 4.78 is 5.59. The molecule has 1 aromatic heterocycles. The fourth-order valence-electron chi connectivity index (χ4n) is 1.58. The van der Waals surface area contributed by atoms with Gasteiger partial charge in [0, 0.05) is 12.6 Å². The summed E-state index contributed by atoms with van der Waals surface area (Å²) in [7, 11) is 0. The number of aromatic nitrogens is 2. The molecule has 0 fully saturated rings. The average molecular weight is 237 g/mol. The molecule has 4 nitrogen and oxygen atoms in total. The lowest BCUT2D eigenvalue weighted by Crippen LogP contribution is -2.14. The first-order valence-electron chi connectivity index (χ1n) is 6.42. The molecule has 0 bridgehead atoms. The van der Waals surface area contributed by atoms with E-state index in [0.29, 0.717) is 11.8 Å². The lowest BCUT2D eigenvalue weighted by Gasteiger charge is -2.11. The zero-order chi connectivity index (χ0) is 12.5. The highest BCUT2D eigenvalue weighted by Crippen LogP contribution is 2.09. The number of rotatable bonds is 8. The van der Waals surface area contributed by atoms with Crippen LogP contribution in [0.15, 0.2) is 12.1 Å². The quantitative estimate of drug-likeness (QED) is 0.754. The Bertz CT molecular complexity index is 300. The Labute approximate surface area is 104 Å². The van der Waals surface area contributed by atoms with E-state index in [1.165, 1.54) is 12.8 Å². The van der Waals surface area contributed by atoms with E-state index < -0.39 is 0 Å². The molecule has 1 aromatic rings. The molecule has 0 spiro atoms. The van der Waals surface area contributed by atoms with Crippen LogP contribution in [0.1, 0.15) is 39.3 Å². The third-order valence-corrected chi connectivity index (χ3v) is 2.55. The van der Waals surface area contributed by atoms with Crippen molar-refractivity contribution in [3.8, 4) is 5.88 Å². The molecule has 0 saturated heterocycles. The van der Waals surface area contributed by atoms with Gasteiger partial charge in [0.25, 0.3) is 0 Å². The van der Waals surface area contributed by atoms with Gasteiger partial charge in [-0.25, -0.2) is 0 Å². The van der Waals surface area contributed by atoms with Gasteiger partial charge in [-0.1, -0.05) is 27.2 Å². The molecule has 1 heterocycles. The zero-order valence-corrected chi connectivity index (χ0v) is 11.1. The Kier molecular flexibility index (Phi) is 6.55. The van der Waals surface area contributed by atoms with E-state index in [4.69, 9.17) is 4.74 Å².